The number of nitrogens with zero attached hydrogens (tertiary/aromatic N) is 2. The van der Waals surface area contributed by atoms with Crippen molar-refractivity contribution in [1.82, 2.24) is 20.7 Å². The molecule has 0 aromatic heterocycles. The van der Waals surface area contributed by atoms with Gasteiger partial charge < -0.3 is 10.2 Å². The average molecular weight is 268 g/mol. The molecule has 5 nitrogen and oxygen atoms in total. The lowest BCUT2D eigenvalue weighted by Gasteiger charge is -2.32. The van der Waals surface area contributed by atoms with Gasteiger partial charge in [-0.1, -0.05) is 25.7 Å². The topological polar surface area (TPSA) is 47.6 Å². The molecule has 0 aromatic carbocycles. The summed E-state index contributed by atoms with van der Waals surface area (Å²) in [5.74, 6) is 0.144. The second kappa shape index (κ2) is 7.82. The minimum atomic E-state index is 0.144. The van der Waals surface area contributed by atoms with Crippen LogP contribution < -0.4 is 10.7 Å². The highest BCUT2D eigenvalue weighted by Crippen LogP contribution is 2.16. The van der Waals surface area contributed by atoms with Gasteiger partial charge in [0.25, 0.3) is 0 Å². The van der Waals surface area contributed by atoms with E-state index in [-0.39, 0.29) is 5.91 Å². The third-order valence-corrected chi connectivity index (χ3v) is 4.19. The summed E-state index contributed by atoms with van der Waals surface area (Å²) in [4.78, 5) is 14.2. The molecule has 0 spiro atoms. The van der Waals surface area contributed by atoms with Gasteiger partial charge >= 0.3 is 0 Å². The zero-order chi connectivity index (χ0) is 13.5. The number of piperazine rings is 1. The zero-order valence-corrected chi connectivity index (χ0v) is 12.2. The summed E-state index contributed by atoms with van der Waals surface area (Å²) >= 11 is 0. The summed E-state index contributed by atoms with van der Waals surface area (Å²) in [6.45, 7) is 4.54. The number of likely N-dealkylation sites (N-methyl/N-ethyl adjacent to an activating group) is 1. The first-order chi connectivity index (χ1) is 9.24. The van der Waals surface area contributed by atoms with Gasteiger partial charge in [-0.25, -0.2) is 10.4 Å². The van der Waals surface area contributed by atoms with Gasteiger partial charge in [0.05, 0.1) is 6.54 Å². The summed E-state index contributed by atoms with van der Waals surface area (Å²) in [7, 11) is 2.14. The van der Waals surface area contributed by atoms with Gasteiger partial charge in [0.15, 0.2) is 0 Å². The third kappa shape index (κ3) is 5.47. The van der Waals surface area contributed by atoms with Crippen LogP contribution in [0, 0.1) is 0 Å². The minimum Gasteiger partial charge on any atom is -0.352 e. The maximum absolute atomic E-state index is 11.9. The molecule has 0 radical (unpaired) electrons. The molecule has 1 saturated heterocycles. The maximum Gasteiger partial charge on any atom is 0.235 e. The van der Waals surface area contributed by atoms with E-state index in [0.717, 1.165) is 39.0 Å². The van der Waals surface area contributed by atoms with Crippen molar-refractivity contribution in [2.45, 2.75) is 44.6 Å². The van der Waals surface area contributed by atoms with Crippen LogP contribution >= 0.6 is 0 Å². The van der Waals surface area contributed by atoms with E-state index in [2.05, 4.69) is 27.7 Å². The van der Waals surface area contributed by atoms with E-state index >= 15 is 0 Å². The Balaban J connectivity index is 1.61. The van der Waals surface area contributed by atoms with Gasteiger partial charge in [0.2, 0.25) is 5.91 Å². The smallest absolute Gasteiger partial charge is 0.235 e. The fourth-order valence-corrected chi connectivity index (χ4v) is 2.85. The summed E-state index contributed by atoms with van der Waals surface area (Å²) in [6.07, 6.45) is 7.48. The molecule has 5 heteroatoms. The number of carbonyl (C=O) groups excluding carboxylic acids is 1. The molecule has 0 bridgehead atoms. The van der Waals surface area contributed by atoms with Crippen molar-refractivity contribution in [3.8, 4) is 0 Å². The largest absolute Gasteiger partial charge is 0.352 e. The lowest BCUT2D eigenvalue weighted by Crippen LogP contribution is -2.53. The Labute approximate surface area is 116 Å². The molecule has 2 N–H and O–H groups in total. The molecule has 19 heavy (non-hydrogen) atoms. The molecule has 1 amide bonds. The molecule has 1 saturated carbocycles. The van der Waals surface area contributed by atoms with Crippen LogP contribution in [0.25, 0.3) is 0 Å². The van der Waals surface area contributed by atoms with E-state index in [0.29, 0.717) is 12.6 Å². The standard InChI is InChI=1S/C14H28N4O/c1-17-8-10-18(11-9-17)15-12-14(19)16-13-6-4-2-3-5-7-13/h13,15H,2-12H2,1H3,(H,16,19). The highest BCUT2D eigenvalue weighted by Gasteiger charge is 2.17. The van der Waals surface area contributed by atoms with Crippen LogP contribution in [0.2, 0.25) is 0 Å². The van der Waals surface area contributed by atoms with E-state index in [1.54, 1.807) is 0 Å². The first kappa shape index (κ1) is 14.8. The monoisotopic (exact) mass is 268 g/mol. The molecular formula is C14H28N4O. The van der Waals surface area contributed by atoms with Gasteiger partial charge in [0.1, 0.15) is 0 Å². The lowest BCUT2D eigenvalue weighted by atomic mass is 10.1. The highest BCUT2D eigenvalue weighted by atomic mass is 16.2. The number of hydrazine groups is 1. The Bertz CT molecular complexity index is 269. The van der Waals surface area contributed by atoms with Crippen LogP contribution in [0.3, 0.4) is 0 Å². The molecule has 110 valence electrons. The fourth-order valence-electron chi connectivity index (χ4n) is 2.85. The van der Waals surface area contributed by atoms with Crippen molar-refractivity contribution in [1.29, 1.82) is 0 Å². The van der Waals surface area contributed by atoms with Crippen LogP contribution in [0.5, 0.6) is 0 Å². The van der Waals surface area contributed by atoms with Crippen molar-refractivity contribution in [3.63, 3.8) is 0 Å². The highest BCUT2D eigenvalue weighted by molar-refractivity contribution is 5.78. The number of rotatable bonds is 4. The molecular weight excluding hydrogens is 240 g/mol. The summed E-state index contributed by atoms with van der Waals surface area (Å²) in [5, 5.41) is 5.33. The molecule has 2 rings (SSSR count). The number of amides is 1. The van der Waals surface area contributed by atoms with Crippen molar-refractivity contribution < 1.29 is 4.79 Å². The molecule has 0 aromatic rings. The summed E-state index contributed by atoms with van der Waals surface area (Å²) < 4.78 is 0. The van der Waals surface area contributed by atoms with Gasteiger partial charge in [-0.2, -0.15) is 0 Å². The van der Waals surface area contributed by atoms with E-state index in [1.807, 2.05) is 0 Å². The van der Waals surface area contributed by atoms with Crippen LogP contribution in [-0.2, 0) is 4.79 Å². The van der Waals surface area contributed by atoms with Gasteiger partial charge in [-0.3, -0.25) is 4.79 Å². The maximum atomic E-state index is 11.9. The average Bonchev–Trinajstić information content (AvgIpc) is 2.67. The third-order valence-electron chi connectivity index (χ3n) is 4.19. The Morgan fingerprint density at radius 2 is 1.68 bits per heavy atom. The van der Waals surface area contributed by atoms with Crippen molar-refractivity contribution in [3.05, 3.63) is 0 Å². The van der Waals surface area contributed by atoms with E-state index in [4.69, 9.17) is 0 Å². The van der Waals surface area contributed by atoms with Crippen molar-refractivity contribution in [2.24, 2.45) is 0 Å². The van der Waals surface area contributed by atoms with E-state index in [1.165, 1.54) is 25.7 Å². The summed E-state index contributed by atoms with van der Waals surface area (Å²) in [5.41, 5.74) is 3.24. The number of carbonyl (C=O) groups is 1. The quantitative estimate of drug-likeness (QED) is 0.732. The molecule has 1 heterocycles. The van der Waals surface area contributed by atoms with Gasteiger partial charge in [-0.15, -0.1) is 0 Å². The number of hydrogen-bond acceptors (Lipinski definition) is 4. The number of hydrogen-bond donors (Lipinski definition) is 2. The predicted molar refractivity (Wildman–Crippen MR) is 76.7 cm³/mol. The molecule has 0 atom stereocenters. The van der Waals surface area contributed by atoms with Gasteiger partial charge in [0, 0.05) is 32.2 Å². The molecule has 2 fully saturated rings. The SMILES string of the molecule is CN1CCN(NCC(=O)NC2CCCCCC2)CC1. The first-order valence-electron chi connectivity index (χ1n) is 7.70. The van der Waals surface area contributed by atoms with Crippen molar-refractivity contribution >= 4 is 5.91 Å². The molecule has 1 aliphatic heterocycles. The normalized spacial score (nSPS) is 24.1. The predicted octanol–water partition coefficient (Wildman–Crippen LogP) is 0.577. The second-order valence-electron chi connectivity index (χ2n) is 5.88. The lowest BCUT2D eigenvalue weighted by molar-refractivity contribution is -0.122. The van der Waals surface area contributed by atoms with E-state index in [9.17, 15) is 4.79 Å². The Kier molecular flexibility index (Phi) is 6.07. The number of nitrogens with one attached hydrogen (secondary N) is 2. The van der Waals surface area contributed by atoms with Crippen LogP contribution in [0.1, 0.15) is 38.5 Å². The molecule has 0 unspecified atom stereocenters. The molecule has 1 aliphatic carbocycles. The van der Waals surface area contributed by atoms with Crippen LogP contribution in [0.15, 0.2) is 0 Å². The van der Waals surface area contributed by atoms with Crippen LogP contribution in [-0.4, -0.2) is 61.6 Å². The fraction of sp³-hybridized carbons (Fsp3) is 0.929. The van der Waals surface area contributed by atoms with Crippen LogP contribution in [0.4, 0.5) is 0 Å². The zero-order valence-electron chi connectivity index (χ0n) is 12.2. The van der Waals surface area contributed by atoms with Crippen molar-refractivity contribution in [2.75, 3.05) is 39.8 Å². The first-order valence-corrected chi connectivity index (χ1v) is 7.70. The molecule has 2 aliphatic rings. The Morgan fingerprint density at radius 3 is 2.32 bits per heavy atom. The van der Waals surface area contributed by atoms with E-state index < -0.39 is 0 Å². The minimum absolute atomic E-state index is 0.144. The Hall–Kier alpha value is -0.650. The Morgan fingerprint density at radius 1 is 1.05 bits per heavy atom. The van der Waals surface area contributed by atoms with Gasteiger partial charge in [-0.05, 0) is 19.9 Å². The summed E-state index contributed by atoms with van der Waals surface area (Å²) in [6, 6.07) is 0.407. The second-order valence-corrected chi connectivity index (χ2v) is 5.88.